The van der Waals surface area contributed by atoms with E-state index >= 15 is 0 Å². The summed E-state index contributed by atoms with van der Waals surface area (Å²) in [4.78, 5) is 4.16. The van der Waals surface area contributed by atoms with Crippen LogP contribution in [0.2, 0.25) is 4.34 Å². The standard InChI is InChI=1S/C7H11ClN2S/c1-3-9-5(2)7-10-4-6(8)11-7/h4-5,9H,3H2,1-2H3. The second-order valence-corrected chi connectivity index (χ2v) is 3.98. The second-order valence-electron chi connectivity index (χ2n) is 2.28. The van der Waals surface area contributed by atoms with Gasteiger partial charge < -0.3 is 5.32 Å². The topological polar surface area (TPSA) is 24.9 Å². The van der Waals surface area contributed by atoms with Crippen LogP contribution in [-0.2, 0) is 0 Å². The van der Waals surface area contributed by atoms with E-state index in [-0.39, 0.29) is 0 Å². The van der Waals surface area contributed by atoms with Gasteiger partial charge in [0.25, 0.3) is 0 Å². The highest BCUT2D eigenvalue weighted by Gasteiger charge is 2.07. The SMILES string of the molecule is CCNC(C)c1ncc(Cl)s1. The number of rotatable bonds is 3. The Bertz CT molecular complexity index is 224. The van der Waals surface area contributed by atoms with Crippen molar-refractivity contribution in [2.75, 3.05) is 6.54 Å². The Kier molecular flexibility index (Phi) is 3.30. The first kappa shape index (κ1) is 8.97. The summed E-state index contributed by atoms with van der Waals surface area (Å²) in [5.41, 5.74) is 0. The molecular weight excluding hydrogens is 180 g/mol. The summed E-state index contributed by atoms with van der Waals surface area (Å²) in [7, 11) is 0. The fourth-order valence-electron chi connectivity index (χ4n) is 0.861. The minimum atomic E-state index is 0.317. The molecule has 1 N–H and O–H groups in total. The van der Waals surface area contributed by atoms with E-state index in [9.17, 15) is 0 Å². The van der Waals surface area contributed by atoms with Gasteiger partial charge in [-0.25, -0.2) is 4.98 Å². The molecule has 62 valence electrons. The van der Waals surface area contributed by atoms with E-state index in [4.69, 9.17) is 11.6 Å². The number of halogens is 1. The summed E-state index contributed by atoms with van der Waals surface area (Å²) < 4.78 is 0.754. The average molecular weight is 191 g/mol. The minimum absolute atomic E-state index is 0.317. The third-order valence-corrected chi connectivity index (χ3v) is 2.67. The lowest BCUT2D eigenvalue weighted by atomic mass is 10.3. The summed E-state index contributed by atoms with van der Waals surface area (Å²) in [6.07, 6.45) is 1.69. The molecule has 0 fully saturated rings. The molecule has 2 nitrogen and oxygen atoms in total. The predicted octanol–water partition coefficient (Wildman–Crippen LogP) is 2.47. The smallest absolute Gasteiger partial charge is 0.113 e. The van der Waals surface area contributed by atoms with Crippen LogP contribution >= 0.6 is 22.9 Å². The Labute approximate surface area is 75.6 Å². The molecule has 0 saturated carbocycles. The van der Waals surface area contributed by atoms with Gasteiger partial charge in [0.05, 0.1) is 12.2 Å². The number of nitrogens with zero attached hydrogens (tertiary/aromatic N) is 1. The summed E-state index contributed by atoms with van der Waals surface area (Å²) >= 11 is 7.26. The van der Waals surface area contributed by atoms with Gasteiger partial charge in [0.2, 0.25) is 0 Å². The van der Waals surface area contributed by atoms with Gasteiger partial charge in [-0.3, -0.25) is 0 Å². The van der Waals surface area contributed by atoms with E-state index in [1.807, 2.05) is 0 Å². The summed E-state index contributed by atoms with van der Waals surface area (Å²) in [5, 5.41) is 4.32. The lowest BCUT2D eigenvalue weighted by Gasteiger charge is -2.06. The van der Waals surface area contributed by atoms with Gasteiger partial charge in [0.1, 0.15) is 9.34 Å². The van der Waals surface area contributed by atoms with Crippen LogP contribution in [0.25, 0.3) is 0 Å². The summed E-state index contributed by atoms with van der Waals surface area (Å²) in [6, 6.07) is 0.317. The summed E-state index contributed by atoms with van der Waals surface area (Å²) in [6.45, 7) is 5.11. The van der Waals surface area contributed by atoms with E-state index in [0.717, 1.165) is 15.9 Å². The molecule has 0 amide bonds. The van der Waals surface area contributed by atoms with Gasteiger partial charge in [-0.05, 0) is 13.5 Å². The highest BCUT2D eigenvalue weighted by atomic mass is 35.5. The molecule has 0 bridgehead atoms. The Balaban J connectivity index is 2.60. The molecule has 0 radical (unpaired) electrons. The minimum Gasteiger partial charge on any atom is -0.308 e. The number of hydrogen-bond acceptors (Lipinski definition) is 3. The van der Waals surface area contributed by atoms with Crippen LogP contribution in [0, 0.1) is 0 Å². The molecule has 1 atom stereocenters. The van der Waals surface area contributed by atoms with Crippen molar-refractivity contribution < 1.29 is 0 Å². The maximum atomic E-state index is 5.73. The third-order valence-electron chi connectivity index (χ3n) is 1.38. The monoisotopic (exact) mass is 190 g/mol. The first-order valence-corrected chi connectivity index (χ1v) is 4.78. The maximum absolute atomic E-state index is 5.73. The van der Waals surface area contributed by atoms with Crippen molar-refractivity contribution in [3.8, 4) is 0 Å². The summed E-state index contributed by atoms with van der Waals surface area (Å²) in [5.74, 6) is 0. The molecule has 0 aromatic carbocycles. The highest BCUT2D eigenvalue weighted by molar-refractivity contribution is 7.15. The molecule has 4 heteroatoms. The first-order chi connectivity index (χ1) is 5.24. The molecule has 0 saturated heterocycles. The van der Waals surface area contributed by atoms with Crippen molar-refractivity contribution in [3.05, 3.63) is 15.5 Å². The Hall–Kier alpha value is -0.120. The zero-order valence-electron chi connectivity index (χ0n) is 6.60. The van der Waals surface area contributed by atoms with Gasteiger partial charge >= 0.3 is 0 Å². The van der Waals surface area contributed by atoms with Crippen LogP contribution in [0.4, 0.5) is 0 Å². The molecule has 1 heterocycles. The largest absolute Gasteiger partial charge is 0.308 e. The van der Waals surface area contributed by atoms with Crippen LogP contribution in [0.1, 0.15) is 24.9 Å². The lowest BCUT2D eigenvalue weighted by molar-refractivity contribution is 0.595. The van der Waals surface area contributed by atoms with E-state index in [2.05, 4.69) is 24.1 Å². The van der Waals surface area contributed by atoms with Crippen molar-refractivity contribution in [2.24, 2.45) is 0 Å². The maximum Gasteiger partial charge on any atom is 0.113 e. The zero-order chi connectivity index (χ0) is 8.27. The van der Waals surface area contributed by atoms with Crippen LogP contribution in [-0.4, -0.2) is 11.5 Å². The molecule has 1 unspecified atom stereocenters. The van der Waals surface area contributed by atoms with E-state index in [0.29, 0.717) is 6.04 Å². The van der Waals surface area contributed by atoms with Gasteiger partial charge in [0, 0.05) is 0 Å². The molecule has 1 rings (SSSR count). The molecular formula is C7H11ClN2S. The predicted molar refractivity (Wildman–Crippen MR) is 49.2 cm³/mol. The van der Waals surface area contributed by atoms with Gasteiger partial charge in [-0.1, -0.05) is 18.5 Å². The lowest BCUT2D eigenvalue weighted by Crippen LogP contribution is -2.17. The average Bonchev–Trinajstić information content (AvgIpc) is 2.36. The quantitative estimate of drug-likeness (QED) is 0.792. The van der Waals surface area contributed by atoms with Crippen LogP contribution in [0.15, 0.2) is 6.20 Å². The Morgan fingerprint density at radius 3 is 3.00 bits per heavy atom. The van der Waals surface area contributed by atoms with Gasteiger partial charge in [-0.2, -0.15) is 0 Å². The van der Waals surface area contributed by atoms with Gasteiger partial charge in [0.15, 0.2) is 0 Å². The molecule has 0 aliphatic heterocycles. The van der Waals surface area contributed by atoms with Crippen molar-refractivity contribution >= 4 is 22.9 Å². The van der Waals surface area contributed by atoms with Crippen molar-refractivity contribution in [1.82, 2.24) is 10.3 Å². The number of nitrogens with one attached hydrogen (secondary N) is 1. The van der Waals surface area contributed by atoms with E-state index in [1.54, 1.807) is 6.20 Å². The Morgan fingerprint density at radius 2 is 2.55 bits per heavy atom. The van der Waals surface area contributed by atoms with E-state index in [1.165, 1.54) is 11.3 Å². The number of thiazole rings is 1. The zero-order valence-corrected chi connectivity index (χ0v) is 8.17. The van der Waals surface area contributed by atoms with Gasteiger partial charge in [-0.15, -0.1) is 11.3 Å². The van der Waals surface area contributed by atoms with Crippen LogP contribution in [0.3, 0.4) is 0 Å². The number of aromatic nitrogens is 1. The number of hydrogen-bond donors (Lipinski definition) is 1. The van der Waals surface area contributed by atoms with Crippen molar-refractivity contribution in [3.63, 3.8) is 0 Å². The fourth-order valence-corrected chi connectivity index (χ4v) is 1.82. The molecule has 1 aromatic rings. The second kappa shape index (κ2) is 4.04. The molecule has 0 aliphatic rings. The molecule has 11 heavy (non-hydrogen) atoms. The molecule has 1 aromatic heterocycles. The van der Waals surface area contributed by atoms with Crippen molar-refractivity contribution in [2.45, 2.75) is 19.9 Å². The van der Waals surface area contributed by atoms with Crippen molar-refractivity contribution in [1.29, 1.82) is 0 Å². The molecule has 0 spiro atoms. The normalized spacial score (nSPS) is 13.4. The van der Waals surface area contributed by atoms with E-state index < -0.39 is 0 Å². The first-order valence-electron chi connectivity index (χ1n) is 3.58. The van der Waals surface area contributed by atoms with Crippen LogP contribution < -0.4 is 5.32 Å². The Morgan fingerprint density at radius 1 is 1.82 bits per heavy atom. The highest BCUT2D eigenvalue weighted by Crippen LogP contribution is 2.23. The third kappa shape index (κ3) is 2.43. The fraction of sp³-hybridized carbons (Fsp3) is 0.571. The molecule has 0 aliphatic carbocycles. The van der Waals surface area contributed by atoms with Crippen LogP contribution in [0.5, 0.6) is 0 Å².